The van der Waals surface area contributed by atoms with Gasteiger partial charge in [-0.3, -0.25) is 14.6 Å². The third kappa shape index (κ3) is 5.78. The molecule has 5 rings (SSSR count). The molecule has 1 aliphatic carbocycles. The van der Waals surface area contributed by atoms with E-state index in [1.54, 1.807) is 0 Å². The van der Waals surface area contributed by atoms with Gasteiger partial charge in [-0.25, -0.2) is 0 Å². The highest BCUT2D eigenvalue weighted by Gasteiger charge is 2.34. The van der Waals surface area contributed by atoms with E-state index in [-0.39, 0.29) is 0 Å². The number of amides is 1. The van der Waals surface area contributed by atoms with Gasteiger partial charge in [-0.05, 0) is 53.9 Å². The van der Waals surface area contributed by atoms with Crippen LogP contribution < -0.4 is 4.74 Å². The molecule has 2 aliphatic rings. The van der Waals surface area contributed by atoms with Crippen LogP contribution in [0.2, 0.25) is 0 Å². The predicted octanol–water partition coefficient (Wildman–Crippen LogP) is 4.40. The second-order valence-electron chi connectivity index (χ2n) is 9.75. The van der Waals surface area contributed by atoms with Gasteiger partial charge in [-0.15, -0.1) is 0 Å². The maximum Gasteiger partial charge on any atom is 0.225 e. The number of carbonyl (C=O) groups excluding carboxylic acids is 1. The topological polar surface area (TPSA) is 36.0 Å². The molecule has 0 spiro atoms. The third-order valence-electron chi connectivity index (χ3n) is 6.96. The van der Waals surface area contributed by atoms with Gasteiger partial charge in [0, 0.05) is 51.7 Å². The molecule has 1 saturated heterocycles. The molecule has 5 nitrogen and oxygen atoms in total. The van der Waals surface area contributed by atoms with E-state index in [0.717, 1.165) is 64.4 Å². The maximum atomic E-state index is 12.2. The van der Waals surface area contributed by atoms with Crippen molar-refractivity contribution in [1.82, 2.24) is 14.7 Å². The first-order valence-electron chi connectivity index (χ1n) is 12.5. The SMILES string of the molecule is CN(Cc1cccc(OCCN2CCN(C(=O)C3CC3)CC2)c1)Cc1cccc2ccccc12. The number of hydrogen-bond donors (Lipinski definition) is 0. The minimum Gasteiger partial charge on any atom is -0.492 e. The van der Waals surface area contributed by atoms with E-state index in [2.05, 4.69) is 77.5 Å². The smallest absolute Gasteiger partial charge is 0.225 e. The van der Waals surface area contributed by atoms with Crippen LogP contribution in [0.1, 0.15) is 24.0 Å². The lowest BCUT2D eigenvalue weighted by atomic mass is 10.0. The van der Waals surface area contributed by atoms with Crippen molar-refractivity contribution in [3.05, 3.63) is 77.9 Å². The van der Waals surface area contributed by atoms with Gasteiger partial charge in [0.15, 0.2) is 0 Å². The van der Waals surface area contributed by atoms with Crippen molar-refractivity contribution in [2.75, 3.05) is 46.4 Å². The van der Waals surface area contributed by atoms with Crippen molar-refractivity contribution in [2.45, 2.75) is 25.9 Å². The Morgan fingerprint density at radius 2 is 1.71 bits per heavy atom. The summed E-state index contributed by atoms with van der Waals surface area (Å²) in [6.45, 7) is 6.95. The van der Waals surface area contributed by atoms with E-state index in [4.69, 9.17) is 4.74 Å². The number of rotatable bonds is 9. The Balaban J connectivity index is 1.08. The van der Waals surface area contributed by atoms with Crippen LogP contribution in [0.5, 0.6) is 5.75 Å². The van der Waals surface area contributed by atoms with Gasteiger partial charge in [0.05, 0.1) is 0 Å². The predicted molar refractivity (Wildman–Crippen MR) is 137 cm³/mol. The monoisotopic (exact) mass is 457 g/mol. The summed E-state index contributed by atoms with van der Waals surface area (Å²) in [6, 6.07) is 23.6. The van der Waals surface area contributed by atoms with E-state index in [9.17, 15) is 4.79 Å². The van der Waals surface area contributed by atoms with Gasteiger partial charge >= 0.3 is 0 Å². The standard InChI is InChI=1S/C29H35N3O2/c1-30(22-26-9-5-8-24-7-2-3-11-28(24)26)21-23-6-4-10-27(20-23)34-19-18-31-14-16-32(17-15-31)29(33)25-12-13-25/h2-11,20,25H,12-19,21-22H2,1H3. The number of piperazine rings is 1. The van der Waals surface area contributed by atoms with Crippen molar-refractivity contribution in [2.24, 2.45) is 5.92 Å². The van der Waals surface area contributed by atoms with E-state index < -0.39 is 0 Å². The molecule has 1 saturated carbocycles. The molecule has 178 valence electrons. The Bertz CT molecular complexity index is 1110. The van der Waals surface area contributed by atoms with Crippen LogP contribution in [0.3, 0.4) is 0 Å². The first-order valence-corrected chi connectivity index (χ1v) is 12.5. The summed E-state index contributed by atoms with van der Waals surface area (Å²) in [4.78, 5) is 19.0. The second-order valence-corrected chi connectivity index (χ2v) is 9.75. The van der Waals surface area contributed by atoms with Crippen molar-refractivity contribution in [3.63, 3.8) is 0 Å². The number of nitrogens with zero attached hydrogens (tertiary/aromatic N) is 3. The molecule has 1 heterocycles. The molecule has 0 aromatic heterocycles. The van der Waals surface area contributed by atoms with Crippen LogP contribution in [0.15, 0.2) is 66.7 Å². The second kappa shape index (κ2) is 10.6. The van der Waals surface area contributed by atoms with E-state index in [0.29, 0.717) is 18.4 Å². The van der Waals surface area contributed by atoms with Crippen LogP contribution in [-0.2, 0) is 17.9 Å². The lowest BCUT2D eigenvalue weighted by molar-refractivity contribution is -0.134. The molecule has 0 N–H and O–H groups in total. The Hall–Kier alpha value is -2.89. The van der Waals surface area contributed by atoms with Gasteiger partial charge in [-0.2, -0.15) is 0 Å². The minimum atomic E-state index is 0.327. The lowest BCUT2D eigenvalue weighted by Gasteiger charge is -2.34. The lowest BCUT2D eigenvalue weighted by Crippen LogP contribution is -2.50. The summed E-state index contributed by atoms with van der Waals surface area (Å²) in [5.41, 5.74) is 2.61. The molecule has 3 aromatic carbocycles. The van der Waals surface area contributed by atoms with Gasteiger partial charge in [0.25, 0.3) is 0 Å². The first kappa shape index (κ1) is 22.9. The van der Waals surface area contributed by atoms with Crippen molar-refractivity contribution < 1.29 is 9.53 Å². The summed E-state index contributed by atoms with van der Waals surface area (Å²) in [5, 5.41) is 2.62. The average molecular weight is 458 g/mol. The molecule has 0 bridgehead atoms. The Labute approximate surface area is 202 Å². The Morgan fingerprint density at radius 3 is 2.53 bits per heavy atom. The number of hydrogen-bond acceptors (Lipinski definition) is 4. The summed E-state index contributed by atoms with van der Waals surface area (Å²) < 4.78 is 6.09. The highest BCUT2D eigenvalue weighted by atomic mass is 16.5. The summed E-state index contributed by atoms with van der Waals surface area (Å²) in [5.74, 6) is 1.63. The largest absolute Gasteiger partial charge is 0.492 e. The zero-order valence-electron chi connectivity index (χ0n) is 20.2. The molecule has 3 aromatic rings. The van der Waals surface area contributed by atoms with Gasteiger partial charge in [0.2, 0.25) is 5.91 Å². The minimum absolute atomic E-state index is 0.327. The third-order valence-corrected chi connectivity index (χ3v) is 6.96. The van der Waals surface area contributed by atoms with Crippen LogP contribution in [0.25, 0.3) is 10.8 Å². The van der Waals surface area contributed by atoms with Crippen LogP contribution in [0, 0.1) is 5.92 Å². The summed E-state index contributed by atoms with van der Waals surface area (Å²) in [6.07, 6.45) is 2.18. The zero-order valence-corrected chi connectivity index (χ0v) is 20.2. The van der Waals surface area contributed by atoms with E-state index in [1.165, 1.54) is 21.9 Å². The van der Waals surface area contributed by atoms with Gasteiger partial charge in [0.1, 0.15) is 12.4 Å². The fourth-order valence-corrected chi connectivity index (χ4v) is 4.90. The fourth-order valence-electron chi connectivity index (χ4n) is 4.90. The van der Waals surface area contributed by atoms with Crippen molar-refractivity contribution in [3.8, 4) is 5.75 Å². The number of ether oxygens (including phenoxy) is 1. The van der Waals surface area contributed by atoms with E-state index >= 15 is 0 Å². The number of benzene rings is 3. The number of carbonyl (C=O) groups is 1. The fraction of sp³-hybridized carbons (Fsp3) is 0.414. The zero-order chi connectivity index (χ0) is 23.3. The Kier molecular flexibility index (Phi) is 7.12. The van der Waals surface area contributed by atoms with Crippen LogP contribution in [-0.4, -0.2) is 67.0 Å². The molecule has 2 fully saturated rings. The molecule has 34 heavy (non-hydrogen) atoms. The molecule has 0 atom stereocenters. The molecule has 1 amide bonds. The molecule has 0 radical (unpaired) electrons. The molecule has 0 unspecified atom stereocenters. The highest BCUT2D eigenvalue weighted by molar-refractivity contribution is 5.85. The first-order chi connectivity index (χ1) is 16.7. The van der Waals surface area contributed by atoms with Crippen LogP contribution >= 0.6 is 0 Å². The van der Waals surface area contributed by atoms with Crippen molar-refractivity contribution >= 4 is 16.7 Å². The molecular formula is C29H35N3O2. The highest BCUT2D eigenvalue weighted by Crippen LogP contribution is 2.31. The molecule has 1 aliphatic heterocycles. The molecular weight excluding hydrogens is 422 g/mol. The Morgan fingerprint density at radius 1 is 0.941 bits per heavy atom. The number of fused-ring (bicyclic) bond motifs is 1. The summed E-state index contributed by atoms with van der Waals surface area (Å²) >= 11 is 0. The maximum absolute atomic E-state index is 12.2. The summed E-state index contributed by atoms with van der Waals surface area (Å²) in [7, 11) is 2.17. The quantitative estimate of drug-likeness (QED) is 0.477. The van der Waals surface area contributed by atoms with Gasteiger partial charge in [-0.1, -0.05) is 54.6 Å². The molecule has 5 heteroatoms. The van der Waals surface area contributed by atoms with Gasteiger partial charge < -0.3 is 9.64 Å². The van der Waals surface area contributed by atoms with Crippen molar-refractivity contribution in [1.29, 1.82) is 0 Å². The normalized spacial score (nSPS) is 16.8. The van der Waals surface area contributed by atoms with Crippen LogP contribution in [0.4, 0.5) is 0 Å². The average Bonchev–Trinajstić information content (AvgIpc) is 3.70. The van der Waals surface area contributed by atoms with E-state index in [1.807, 2.05) is 11.0 Å².